The van der Waals surface area contributed by atoms with Crippen molar-refractivity contribution in [2.75, 3.05) is 5.32 Å². The molecular weight excluding hydrogens is 337 g/mol. The van der Waals surface area contributed by atoms with Gasteiger partial charge >= 0.3 is 5.97 Å². The minimum Gasteiger partial charge on any atom is -0.480 e. The Balaban J connectivity index is 2.26. The number of halogens is 2. The van der Waals surface area contributed by atoms with E-state index in [9.17, 15) is 14.3 Å². The minimum atomic E-state index is -1.19. The van der Waals surface area contributed by atoms with E-state index in [0.29, 0.717) is 5.69 Å². The van der Waals surface area contributed by atoms with E-state index in [2.05, 4.69) is 21.2 Å². The number of aliphatic carboxylic acids is 1. The van der Waals surface area contributed by atoms with Crippen molar-refractivity contribution in [3.05, 3.63) is 64.4 Å². The van der Waals surface area contributed by atoms with Crippen LogP contribution in [-0.4, -0.2) is 16.6 Å². The lowest BCUT2D eigenvalue weighted by molar-refractivity contribution is -0.141. The Kier molecular flexibility index (Phi) is 4.63. The summed E-state index contributed by atoms with van der Waals surface area (Å²) in [5.74, 6) is -1.31. The van der Waals surface area contributed by atoms with Crippen LogP contribution in [0.25, 0.3) is 0 Å². The molecule has 0 aliphatic rings. The number of carboxylic acids is 1. The highest BCUT2D eigenvalue weighted by atomic mass is 79.9. The first-order chi connectivity index (χ1) is 9.90. The summed E-state index contributed by atoms with van der Waals surface area (Å²) < 4.78 is 13.7. The average Bonchev–Trinajstić information content (AvgIpc) is 2.44. The zero-order valence-corrected chi connectivity index (χ0v) is 13.0. The Labute approximate surface area is 130 Å². The molecule has 0 aliphatic carbocycles. The first-order valence-electron chi connectivity index (χ1n) is 6.41. The molecule has 0 saturated heterocycles. The van der Waals surface area contributed by atoms with Gasteiger partial charge in [-0.15, -0.1) is 0 Å². The SMILES string of the molecule is CC(Cc1ccc(F)cc1)(Nc1ccccc1Br)C(=O)O. The number of carbonyl (C=O) groups is 1. The van der Waals surface area contributed by atoms with Crippen molar-refractivity contribution < 1.29 is 14.3 Å². The molecule has 0 heterocycles. The van der Waals surface area contributed by atoms with Crippen LogP contribution >= 0.6 is 15.9 Å². The Bertz CT molecular complexity index is 645. The average molecular weight is 352 g/mol. The largest absolute Gasteiger partial charge is 0.480 e. The summed E-state index contributed by atoms with van der Waals surface area (Å²) in [5, 5.41) is 12.6. The lowest BCUT2D eigenvalue weighted by atomic mass is 9.92. The van der Waals surface area contributed by atoms with Gasteiger partial charge in [-0.05, 0) is 52.7 Å². The van der Waals surface area contributed by atoms with Gasteiger partial charge in [0.25, 0.3) is 0 Å². The fourth-order valence-corrected chi connectivity index (χ4v) is 2.43. The first kappa shape index (κ1) is 15.5. The zero-order valence-electron chi connectivity index (χ0n) is 11.4. The summed E-state index contributed by atoms with van der Waals surface area (Å²) in [6.07, 6.45) is 0.240. The molecule has 3 nitrogen and oxygen atoms in total. The number of hydrogen-bond acceptors (Lipinski definition) is 2. The van der Waals surface area contributed by atoms with Gasteiger partial charge in [0.05, 0.1) is 0 Å². The molecule has 0 spiro atoms. The van der Waals surface area contributed by atoms with Gasteiger partial charge in [0, 0.05) is 16.6 Å². The number of rotatable bonds is 5. The van der Waals surface area contributed by atoms with Crippen molar-refractivity contribution in [2.45, 2.75) is 18.9 Å². The second-order valence-corrected chi connectivity index (χ2v) is 5.90. The fourth-order valence-electron chi connectivity index (χ4n) is 2.04. The number of anilines is 1. The van der Waals surface area contributed by atoms with Crippen molar-refractivity contribution in [3.63, 3.8) is 0 Å². The summed E-state index contributed by atoms with van der Waals surface area (Å²) in [6.45, 7) is 1.61. The second-order valence-electron chi connectivity index (χ2n) is 5.05. The topological polar surface area (TPSA) is 49.3 Å². The Morgan fingerprint density at radius 1 is 1.24 bits per heavy atom. The summed E-state index contributed by atoms with van der Waals surface area (Å²) in [5.41, 5.74) is 0.257. The van der Waals surface area contributed by atoms with Crippen molar-refractivity contribution in [3.8, 4) is 0 Å². The van der Waals surface area contributed by atoms with E-state index in [-0.39, 0.29) is 12.2 Å². The highest BCUT2D eigenvalue weighted by Crippen LogP contribution is 2.27. The van der Waals surface area contributed by atoms with E-state index in [1.54, 1.807) is 25.1 Å². The highest BCUT2D eigenvalue weighted by Gasteiger charge is 2.33. The van der Waals surface area contributed by atoms with Crippen LogP contribution in [-0.2, 0) is 11.2 Å². The standard InChI is InChI=1S/C16H15BrFNO2/c1-16(15(20)21,10-11-6-8-12(18)9-7-11)19-14-5-3-2-4-13(14)17/h2-9,19H,10H2,1H3,(H,20,21). The Morgan fingerprint density at radius 3 is 2.43 bits per heavy atom. The van der Waals surface area contributed by atoms with Crippen LogP contribution in [0.4, 0.5) is 10.1 Å². The van der Waals surface area contributed by atoms with Gasteiger partial charge in [-0.25, -0.2) is 9.18 Å². The third-order valence-electron chi connectivity index (χ3n) is 3.23. The number of para-hydroxylation sites is 1. The van der Waals surface area contributed by atoms with Crippen LogP contribution < -0.4 is 5.32 Å². The summed E-state index contributed by atoms with van der Waals surface area (Å²) in [4.78, 5) is 11.7. The Hall–Kier alpha value is -1.88. The van der Waals surface area contributed by atoms with Crippen LogP contribution in [0.3, 0.4) is 0 Å². The van der Waals surface area contributed by atoms with Crippen LogP contribution in [0.1, 0.15) is 12.5 Å². The molecule has 0 aromatic heterocycles. The van der Waals surface area contributed by atoms with E-state index < -0.39 is 11.5 Å². The second kappa shape index (κ2) is 6.26. The molecule has 110 valence electrons. The molecule has 2 aromatic rings. The summed E-state index contributed by atoms with van der Waals surface area (Å²) in [7, 11) is 0. The molecule has 2 N–H and O–H groups in total. The van der Waals surface area contributed by atoms with E-state index in [4.69, 9.17) is 0 Å². The van der Waals surface area contributed by atoms with Gasteiger partial charge in [0.15, 0.2) is 0 Å². The molecule has 2 rings (SSSR count). The van der Waals surface area contributed by atoms with Gasteiger partial charge in [-0.1, -0.05) is 24.3 Å². The first-order valence-corrected chi connectivity index (χ1v) is 7.20. The third-order valence-corrected chi connectivity index (χ3v) is 3.92. The molecule has 0 aliphatic heterocycles. The molecular formula is C16H15BrFNO2. The maximum atomic E-state index is 12.9. The van der Waals surface area contributed by atoms with Gasteiger partial charge in [-0.2, -0.15) is 0 Å². The predicted molar refractivity (Wildman–Crippen MR) is 83.9 cm³/mol. The number of benzene rings is 2. The monoisotopic (exact) mass is 351 g/mol. The molecule has 0 saturated carbocycles. The maximum Gasteiger partial charge on any atom is 0.329 e. The van der Waals surface area contributed by atoms with Crippen molar-refractivity contribution in [2.24, 2.45) is 0 Å². The van der Waals surface area contributed by atoms with E-state index in [0.717, 1.165) is 10.0 Å². The lowest BCUT2D eigenvalue weighted by Gasteiger charge is -2.28. The number of nitrogens with one attached hydrogen (secondary N) is 1. The maximum absolute atomic E-state index is 12.9. The van der Waals surface area contributed by atoms with Crippen LogP contribution in [0.5, 0.6) is 0 Å². The van der Waals surface area contributed by atoms with Gasteiger partial charge in [0.1, 0.15) is 11.4 Å². The van der Waals surface area contributed by atoms with Gasteiger partial charge < -0.3 is 10.4 Å². The highest BCUT2D eigenvalue weighted by molar-refractivity contribution is 9.10. The van der Waals surface area contributed by atoms with Crippen molar-refractivity contribution in [1.29, 1.82) is 0 Å². The molecule has 0 amide bonds. The molecule has 1 atom stereocenters. The lowest BCUT2D eigenvalue weighted by Crippen LogP contribution is -2.45. The molecule has 0 bridgehead atoms. The van der Waals surface area contributed by atoms with E-state index >= 15 is 0 Å². The van der Waals surface area contributed by atoms with Gasteiger partial charge in [-0.3, -0.25) is 0 Å². The molecule has 1 unspecified atom stereocenters. The molecule has 0 fully saturated rings. The van der Waals surface area contributed by atoms with Crippen LogP contribution in [0.15, 0.2) is 53.0 Å². The van der Waals surface area contributed by atoms with E-state index in [1.807, 2.05) is 18.2 Å². The normalized spacial score (nSPS) is 13.5. The van der Waals surface area contributed by atoms with E-state index in [1.165, 1.54) is 12.1 Å². The molecule has 2 aromatic carbocycles. The smallest absolute Gasteiger partial charge is 0.329 e. The minimum absolute atomic E-state index is 0.240. The summed E-state index contributed by atoms with van der Waals surface area (Å²) in [6, 6.07) is 13.2. The van der Waals surface area contributed by atoms with Gasteiger partial charge in [0.2, 0.25) is 0 Å². The quantitative estimate of drug-likeness (QED) is 0.852. The van der Waals surface area contributed by atoms with Crippen molar-refractivity contribution >= 4 is 27.6 Å². The summed E-state index contributed by atoms with van der Waals surface area (Å²) >= 11 is 3.39. The van der Waals surface area contributed by atoms with Crippen molar-refractivity contribution in [1.82, 2.24) is 0 Å². The zero-order chi connectivity index (χ0) is 15.5. The van der Waals surface area contributed by atoms with Crippen LogP contribution in [0, 0.1) is 5.82 Å². The Morgan fingerprint density at radius 2 is 1.86 bits per heavy atom. The fraction of sp³-hybridized carbons (Fsp3) is 0.188. The molecule has 5 heteroatoms. The van der Waals surface area contributed by atoms with Crippen LogP contribution in [0.2, 0.25) is 0 Å². The molecule has 0 radical (unpaired) electrons. The molecule has 21 heavy (non-hydrogen) atoms. The predicted octanol–water partition coefficient (Wildman–Crippen LogP) is 4.09. The number of hydrogen-bond donors (Lipinski definition) is 2. The third kappa shape index (κ3) is 3.82. The number of carboxylic acid groups (broad SMARTS) is 1.